The highest BCUT2D eigenvalue weighted by atomic mass is 79.9. The fourth-order valence-electron chi connectivity index (χ4n) is 3.82. The molecular formula is C20H21BrN3OPS. The van der Waals surface area contributed by atoms with E-state index in [0.29, 0.717) is 0 Å². The third-order valence-electron chi connectivity index (χ3n) is 5.17. The van der Waals surface area contributed by atoms with Gasteiger partial charge in [0.15, 0.2) is 0 Å². The van der Waals surface area contributed by atoms with E-state index in [4.69, 9.17) is 16.3 Å². The second-order valence-corrected chi connectivity index (χ2v) is 11.9. The van der Waals surface area contributed by atoms with E-state index in [-0.39, 0.29) is 5.41 Å². The Morgan fingerprint density at radius 3 is 2.52 bits per heavy atom. The molecule has 0 saturated carbocycles. The molecule has 0 aliphatic carbocycles. The summed E-state index contributed by atoms with van der Waals surface area (Å²) in [6.45, 7) is 4.47. The lowest BCUT2D eigenvalue weighted by molar-refractivity contribution is 0.507. The van der Waals surface area contributed by atoms with Crippen LogP contribution in [0.4, 0.5) is 5.69 Å². The average molecular weight is 462 g/mol. The van der Waals surface area contributed by atoms with Crippen LogP contribution in [0.3, 0.4) is 0 Å². The van der Waals surface area contributed by atoms with Gasteiger partial charge in [0.2, 0.25) is 0 Å². The molecule has 0 amide bonds. The Labute approximate surface area is 173 Å². The van der Waals surface area contributed by atoms with E-state index in [2.05, 4.69) is 65.0 Å². The first kappa shape index (κ1) is 18.7. The molecule has 1 atom stereocenters. The first-order chi connectivity index (χ1) is 12.7. The van der Waals surface area contributed by atoms with Crippen LogP contribution in [0.1, 0.15) is 19.4 Å². The van der Waals surface area contributed by atoms with Gasteiger partial charge in [-0.1, -0.05) is 48.0 Å². The minimum Gasteiger partial charge on any atom is -0.444 e. The number of hydrogen-bond acceptors (Lipinski definition) is 4. The first-order valence-electron chi connectivity index (χ1n) is 8.67. The van der Waals surface area contributed by atoms with E-state index >= 15 is 0 Å². The van der Waals surface area contributed by atoms with Gasteiger partial charge in [0.25, 0.3) is 6.42 Å². The van der Waals surface area contributed by atoms with Gasteiger partial charge < -0.3 is 9.42 Å². The number of allylic oxidation sites excluding steroid dienone is 2. The maximum atomic E-state index is 6.40. The fraction of sp³-hybridized carbons (Fsp3) is 0.250. The molecular weight excluding hydrogens is 441 g/mol. The largest absolute Gasteiger partial charge is 0.444 e. The second-order valence-electron chi connectivity index (χ2n) is 7.24. The van der Waals surface area contributed by atoms with Crippen LogP contribution in [-0.4, -0.2) is 25.1 Å². The van der Waals surface area contributed by atoms with Crippen LogP contribution in [0.15, 0.2) is 69.1 Å². The molecule has 0 aromatic heterocycles. The van der Waals surface area contributed by atoms with Crippen LogP contribution >= 0.6 is 22.3 Å². The van der Waals surface area contributed by atoms with Crippen LogP contribution in [0.25, 0.3) is 0 Å². The van der Waals surface area contributed by atoms with Gasteiger partial charge in [0.05, 0.1) is 11.5 Å². The minimum absolute atomic E-state index is 0.204. The molecule has 27 heavy (non-hydrogen) atoms. The number of anilines is 1. The van der Waals surface area contributed by atoms with Crippen molar-refractivity contribution in [2.45, 2.75) is 19.3 Å². The fourth-order valence-corrected chi connectivity index (χ4v) is 6.99. The van der Waals surface area contributed by atoms with Crippen molar-refractivity contribution >= 4 is 46.1 Å². The molecule has 2 aromatic rings. The molecule has 7 heteroatoms. The predicted molar refractivity (Wildman–Crippen MR) is 120 cm³/mol. The SMILES string of the molecule is CN1/C(=C2/C=NN(C)[P@@]2(=S)Oc2ccccc2)C(C)(C)c2cc(Br)ccc21. The number of para-hydroxylation sites is 1. The summed E-state index contributed by atoms with van der Waals surface area (Å²) in [5.74, 6) is 0.773. The maximum Gasteiger partial charge on any atom is 0.253 e. The summed E-state index contributed by atoms with van der Waals surface area (Å²) in [6.07, 6.45) is -0.642. The Bertz CT molecular complexity index is 1020. The number of nitrogens with zero attached hydrogens (tertiary/aromatic N) is 3. The summed E-state index contributed by atoms with van der Waals surface area (Å²) >= 11 is 9.73. The van der Waals surface area contributed by atoms with E-state index in [0.717, 1.165) is 21.2 Å². The van der Waals surface area contributed by atoms with E-state index in [9.17, 15) is 0 Å². The average Bonchev–Trinajstić information content (AvgIpc) is 3.00. The molecule has 4 nitrogen and oxygen atoms in total. The summed E-state index contributed by atoms with van der Waals surface area (Å²) in [5, 5.41) is 5.53. The summed E-state index contributed by atoms with van der Waals surface area (Å²) in [5.41, 5.74) is 3.41. The van der Waals surface area contributed by atoms with Crippen molar-refractivity contribution in [1.82, 2.24) is 4.78 Å². The molecule has 0 bridgehead atoms. The number of benzene rings is 2. The third kappa shape index (κ3) is 2.86. The third-order valence-corrected chi connectivity index (χ3v) is 9.44. The van der Waals surface area contributed by atoms with Crippen molar-refractivity contribution in [2.24, 2.45) is 5.10 Å². The predicted octanol–water partition coefficient (Wildman–Crippen LogP) is 5.71. The molecule has 4 rings (SSSR count). The zero-order valence-electron chi connectivity index (χ0n) is 15.7. The number of rotatable bonds is 2. The second kappa shape index (κ2) is 6.47. The maximum absolute atomic E-state index is 6.40. The van der Waals surface area contributed by atoms with Gasteiger partial charge in [-0.05, 0) is 47.7 Å². The standard InChI is InChI=1S/C20H21BrN3OPS/c1-20(2)16-12-14(21)10-11-17(16)23(3)19(20)18-13-22-24(4)26(18,27)25-15-8-6-5-7-9-15/h5-13H,1-4H3/b19-18-/t26-/m1/s1. The monoisotopic (exact) mass is 461 g/mol. The van der Waals surface area contributed by atoms with E-state index in [1.807, 2.05) is 48.4 Å². The minimum atomic E-state index is -2.53. The number of fused-ring (bicyclic) bond motifs is 1. The lowest BCUT2D eigenvalue weighted by Crippen LogP contribution is -2.26. The molecule has 0 saturated heterocycles. The van der Waals surface area contributed by atoms with Crippen molar-refractivity contribution in [3.05, 3.63) is 69.6 Å². The van der Waals surface area contributed by atoms with Gasteiger partial charge in [-0.2, -0.15) is 5.10 Å². The highest BCUT2D eigenvalue weighted by Gasteiger charge is 2.46. The topological polar surface area (TPSA) is 28.1 Å². The van der Waals surface area contributed by atoms with E-state index in [1.54, 1.807) is 0 Å². The van der Waals surface area contributed by atoms with Gasteiger partial charge >= 0.3 is 0 Å². The normalized spacial score (nSPS) is 25.8. The quantitative estimate of drug-likeness (QED) is 0.535. The molecule has 2 aliphatic rings. The number of hydrazone groups is 1. The summed E-state index contributed by atoms with van der Waals surface area (Å²) in [7, 11) is 4.00. The Morgan fingerprint density at radius 2 is 1.81 bits per heavy atom. The lowest BCUT2D eigenvalue weighted by atomic mass is 9.84. The van der Waals surface area contributed by atoms with E-state index < -0.39 is 6.42 Å². The van der Waals surface area contributed by atoms with Crippen molar-refractivity contribution in [3.8, 4) is 5.75 Å². The van der Waals surface area contributed by atoms with Gasteiger partial charge in [-0.25, -0.2) is 4.78 Å². The Hall–Kier alpha value is -1.62. The highest BCUT2D eigenvalue weighted by molar-refractivity contribution is 9.10. The molecule has 2 aromatic carbocycles. The molecule has 0 fully saturated rings. The molecule has 2 aliphatic heterocycles. The lowest BCUT2D eigenvalue weighted by Gasteiger charge is -2.31. The van der Waals surface area contributed by atoms with Crippen molar-refractivity contribution < 1.29 is 4.52 Å². The van der Waals surface area contributed by atoms with Gasteiger partial charge in [0.1, 0.15) is 5.75 Å². The first-order valence-corrected chi connectivity index (χ1v) is 12.1. The van der Waals surface area contributed by atoms with Crippen LogP contribution in [0, 0.1) is 0 Å². The molecule has 0 unspecified atom stereocenters. The summed E-state index contributed by atoms with van der Waals surface area (Å²) in [6, 6.07) is 16.2. The molecule has 0 N–H and O–H groups in total. The Morgan fingerprint density at radius 1 is 1.11 bits per heavy atom. The van der Waals surface area contributed by atoms with Crippen LogP contribution in [-0.2, 0) is 17.2 Å². The van der Waals surface area contributed by atoms with Gasteiger partial charge in [0, 0.05) is 35.4 Å². The van der Waals surface area contributed by atoms with Gasteiger partial charge in [-0.15, -0.1) is 0 Å². The molecule has 0 radical (unpaired) electrons. The van der Waals surface area contributed by atoms with Crippen molar-refractivity contribution in [1.29, 1.82) is 0 Å². The van der Waals surface area contributed by atoms with Crippen LogP contribution < -0.4 is 9.42 Å². The Kier molecular flexibility index (Phi) is 4.49. The number of hydrogen-bond donors (Lipinski definition) is 0. The van der Waals surface area contributed by atoms with E-state index in [1.165, 1.54) is 11.3 Å². The van der Waals surface area contributed by atoms with Crippen LogP contribution in [0.2, 0.25) is 0 Å². The molecule has 140 valence electrons. The smallest absolute Gasteiger partial charge is 0.253 e. The van der Waals surface area contributed by atoms with Crippen LogP contribution in [0.5, 0.6) is 5.75 Å². The highest BCUT2D eigenvalue weighted by Crippen LogP contribution is 2.64. The van der Waals surface area contributed by atoms with Gasteiger partial charge in [-0.3, -0.25) is 0 Å². The number of halogens is 1. The van der Waals surface area contributed by atoms with Crippen molar-refractivity contribution in [2.75, 3.05) is 19.0 Å². The Balaban J connectivity index is 1.88. The molecule has 0 spiro atoms. The number of likely N-dealkylation sites (N-methyl/N-ethyl adjacent to an activating group) is 1. The summed E-state index contributed by atoms with van der Waals surface area (Å²) in [4.78, 5) is 2.23. The zero-order chi connectivity index (χ0) is 19.4. The zero-order valence-corrected chi connectivity index (χ0v) is 19.0. The van der Waals surface area contributed by atoms with Crippen molar-refractivity contribution in [3.63, 3.8) is 0 Å². The molecule has 2 heterocycles. The summed E-state index contributed by atoms with van der Waals surface area (Å²) < 4.78 is 9.29.